The van der Waals surface area contributed by atoms with Crippen LogP contribution in [0, 0.1) is 0 Å². The molecular weight excluding hydrogens is 372 g/mol. The zero-order valence-corrected chi connectivity index (χ0v) is 16.4. The van der Waals surface area contributed by atoms with E-state index in [0.29, 0.717) is 23.8 Å². The molecule has 2 aliphatic heterocycles. The summed E-state index contributed by atoms with van der Waals surface area (Å²) in [6, 6.07) is 8.75. The number of aromatic nitrogens is 2. The molecule has 1 aromatic carbocycles. The lowest BCUT2D eigenvalue weighted by Gasteiger charge is -2.32. The molecule has 0 aliphatic carbocycles. The number of H-pyrrole nitrogens is 1. The molecule has 1 fully saturated rings. The summed E-state index contributed by atoms with van der Waals surface area (Å²) in [6.07, 6.45) is 0. The number of likely N-dealkylation sites (N-methyl/N-ethyl adjacent to an activating group) is 1. The van der Waals surface area contributed by atoms with Crippen molar-refractivity contribution < 1.29 is 9.59 Å². The molecule has 0 bridgehead atoms. The van der Waals surface area contributed by atoms with Crippen LogP contribution < -0.4 is 15.8 Å². The van der Waals surface area contributed by atoms with Crippen molar-refractivity contribution >= 4 is 17.8 Å². The van der Waals surface area contributed by atoms with Gasteiger partial charge in [-0.15, -0.1) is 0 Å². The first kappa shape index (κ1) is 19.1. The topological polar surface area (TPSA) is 102 Å². The van der Waals surface area contributed by atoms with Gasteiger partial charge < -0.3 is 20.0 Å². The Bertz CT molecular complexity index is 980. The van der Waals surface area contributed by atoms with Gasteiger partial charge in [0.15, 0.2) is 0 Å². The van der Waals surface area contributed by atoms with Crippen LogP contribution in [0.3, 0.4) is 0 Å². The summed E-state index contributed by atoms with van der Waals surface area (Å²) in [5, 5.41) is 2.76. The SMILES string of the molecule is CN1CCN(c2nc(CNC(=O)CN3Cc4ccccc4C3=O)cc(=O)[nH]2)CC1. The monoisotopic (exact) mass is 396 g/mol. The number of carbonyl (C=O) groups is 2. The number of nitrogens with zero attached hydrogens (tertiary/aromatic N) is 4. The van der Waals surface area contributed by atoms with E-state index in [2.05, 4.69) is 27.2 Å². The van der Waals surface area contributed by atoms with Gasteiger partial charge in [0.25, 0.3) is 11.5 Å². The molecule has 2 N–H and O–H groups in total. The summed E-state index contributed by atoms with van der Waals surface area (Å²) in [4.78, 5) is 49.8. The standard InChI is InChI=1S/C20H24N6O3/c1-24-6-8-25(9-7-24)20-22-15(10-17(27)23-20)11-21-18(28)13-26-12-14-4-2-3-5-16(14)19(26)29/h2-5,10H,6-9,11-13H2,1H3,(H,21,28)(H,22,23,27). The molecule has 1 saturated heterocycles. The van der Waals surface area contributed by atoms with Crippen LogP contribution in [-0.4, -0.2) is 71.4 Å². The van der Waals surface area contributed by atoms with Crippen molar-refractivity contribution in [2.45, 2.75) is 13.1 Å². The maximum absolute atomic E-state index is 12.4. The molecule has 29 heavy (non-hydrogen) atoms. The Balaban J connectivity index is 1.35. The molecule has 1 aromatic heterocycles. The number of hydrogen-bond acceptors (Lipinski definition) is 6. The molecule has 0 saturated carbocycles. The van der Waals surface area contributed by atoms with Crippen LogP contribution in [0.15, 0.2) is 35.1 Å². The van der Waals surface area contributed by atoms with Gasteiger partial charge in [-0.2, -0.15) is 0 Å². The van der Waals surface area contributed by atoms with E-state index in [1.165, 1.54) is 11.0 Å². The molecule has 2 aliphatic rings. The average Bonchev–Trinajstić information content (AvgIpc) is 3.02. The van der Waals surface area contributed by atoms with E-state index in [1.807, 2.05) is 23.1 Å². The first-order chi connectivity index (χ1) is 14.0. The maximum atomic E-state index is 12.4. The normalized spacial score (nSPS) is 16.8. The number of benzene rings is 1. The summed E-state index contributed by atoms with van der Waals surface area (Å²) in [7, 11) is 2.06. The van der Waals surface area contributed by atoms with Crippen LogP contribution >= 0.6 is 0 Å². The molecule has 0 spiro atoms. The zero-order valence-electron chi connectivity index (χ0n) is 16.4. The van der Waals surface area contributed by atoms with E-state index < -0.39 is 0 Å². The lowest BCUT2D eigenvalue weighted by Crippen LogP contribution is -2.45. The van der Waals surface area contributed by atoms with Crippen LogP contribution in [-0.2, 0) is 17.9 Å². The third-order valence-corrected chi connectivity index (χ3v) is 5.28. The number of hydrogen-bond donors (Lipinski definition) is 2. The molecule has 9 heteroatoms. The quantitative estimate of drug-likeness (QED) is 0.726. The van der Waals surface area contributed by atoms with Gasteiger partial charge >= 0.3 is 0 Å². The van der Waals surface area contributed by atoms with Gasteiger partial charge in [0.05, 0.1) is 12.2 Å². The Morgan fingerprint density at radius 2 is 1.93 bits per heavy atom. The Kier molecular flexibility index (Phi) is 5.30. The van der Waals surface area contributed by atoms with Crippen molar-refractivity contribution in [3.05, 3.63) is 57.5 Å². The van der Waals surface area contributed by atoms with E-state index in [4.69, 9.17) is 0 Å². The number of amides is 2. The van der Waals surface area contributed by atoms with Crippen molar-refractivity contribution in [2.75, 3.05) is 44.7 Å². The predicted molar refractivity (Wildman–Crippen MR) is 108 cm³/mol. The van der Waals surface area contributed by atoms with Crippen molar-refractivity contribution in [2.24, 2.45) is 0 Å². The minimum absolute atomic E-state index is 0.0258. The third-order valence-electron chi connectivity index (χ3n) is 5.28. The van der Waals surface area contributed by atoms with E-state index >= 15 is 0 Å². The first-order valence-electron chi connectivity index (χ1n) is 9.67. The molecule has 2 aromatic rings. The summed E-state index contributed by atoms with van der Waals surface area (Å²) in [5.74, 6) is 0.108. The van der Waals surface area contributed by atoms with E-state index in [-0.39, 0.29) is 30.5 Å². The highest BCUT2D eigenvalue weighted by molar-refractivity contribution is 6.00. The minimum Gasteiger partial charge on any atom is -0.349 e. The smallest absolute Gasteiger partial charge is 0.254 e. The highest BCUT2D eigenvalue weighted by Crippen LogP contribution is 2.21. The number of rotatable bonds is 5. The predicted octanol–water partition coefficient (Wildman–Crippen LogP) is -0.206. The lowest BCUT2D eigenvalue weighted by atomic mass is 10.1. The van der Waals surface area contributed by atoms with E-state index in [9.17, 15) is 14.4 Å². The Labute approximate surface area is 168 Å². The van der Waals surface area contributed by atoms with E-state index in [0.717, 1.165) is 31.7 Å². The number of piperazine rings is 1. The van der Waals surface area contributed by atoms with Crippen LogP contribution in [0.25, 0.3) is 0 Å². The summed E-state index contributed by atoms with van der Waals surface area (Å²) in [6.45, 7) is 3.91. The highest BCUT2D eigenvalue weighted by atomic mass is 16.2. The van der Waals surface area contributed by atoms with Crippen LogP contribution in [0.1, 0.15) is 21.6 Å². The van der Waals surface area contributed by atoms with Crippen molar-refractivity contribution in [3.8, 4) is 0 Å². The van der Waals surface area contributed by atoms with Crippen LogP contribution in [0.4, 0.5) is 5.95 Å². The highest BCUT2D eigenvalue weighted by Gasteiger charge is 2.28. The second-order valence-electron chi connectivity index (χ2n) is 7.45. The van der Waals surface area contributed by atoms with Gasteiger partial charge in [-0.3, -0.25) is 19.4 Å². The Hall–Kier alpha value is -3.20. The lowest BCUT2D eigenvalue weighted by molar-refractivity contribution is -0.122. The van der Waals surface area contributed by atoms with E-state index in [1.54, 1.807) is 6.07 Å². The molecule has 3 heterocycles. The Morgan fingerprint density at radius 3 is 2.69 bits per heavy atom. The molecule has 4 rings (SSSR count). The number of fused-ring (bicyclic) bond motifs is 1. The van der Waals surface area contributed by atoms with Crippen LogP contribution in [0.5, 0.6) is 0 Å². The molecule has 9 nitrogen and oxygen atoms in total. The largest absolute Gasteiger partial charge is 0.349 e. The molecule has 2 amide bonds. The number of aromatic amines is 1. The van der Waals surface area contributed by atoms with Gasteiger partial charge in [-0.25, -0.2) is 4.98 Å². The average molecular weight is 396 g/mol. The fraction of sp³-hybridized carbons (Fsp3) is 0.400. The molecule has 0 atom stereocenters. The number of anilines is 1. The molecule has 0 unspecified atom stereocenters. The van der Waals surface area contributed by atoms with Crippen molar-refractivity contribution in [3.63, 3.8) is 0 Å². The third kappa shape index (κ3) is 4.29. The van der Waals surface area contributed by atoms with Crippen molar-refractivity contribution in [1.82, 2.24) is 25.1 Å². The van der Waals surface area contributed by atoms with Gasteiger partial charge in [-0.1, -0.05) is 18.2 Å². The number of nitrogens with one attached hydrogen (secondary N) is 2. The fourth-order valence-electron chi connectivity index (χ4n) is 3.61. The van der Waals surface area contributed by atoms with Gasteiger partial charge in [-0.05, 0) is 18.7 Å². The molecule has 0 radical (unpaired) electrons. The summed E-state index contributed by atoms with van der Waals surface area (Å²) >= 11 is 0. The Morgan fingerprint density at radius 1 is 1.17 bits per heavy atom. The van der Waals surface area contributed by atoms with Gasteiger partial charge in [0.2, 0.25) is 11.9 Å². The summed E-state index contributed by atoms with van der Waals surface area (Å²) in [5.41, 5.74) is 1.82. The van der Waals surface area contributed by atoms with Crippen molar-refractivity contribution in [1.29, 1.82) is 0 Å². The van der Waals surface area contributed by atoms with Crippen LogP contribution in [0.2, 0.25) is 0 Å². The molecular formula is C20H24N6O3. The second-order valence-corrected chi connectivity index (χ2v) is 7.45. The van der Waals surface area contributed by atoms with Gasteiger partial charge in [0.1, 0.15) is 6.54 Å². The second kappa shape index (κ2) is 8.04. The summed E-state index contributed by atoms with van der Waals surface area (Å²) < 4.78 is 0. The number of carbonyl (C=O) groups excluding carboxylic acids is 2. The maximum Gasteiger partial charge on any atom is 0.254 e. The fourth-order valence-corrected chi connectivity index (χ4v) is 3.61. The minimum atomic E-state index is -0.283. The zero-order chi connectivity index (χ0) is 20.4. The van der Waals surface area contributed by atoms with Gasteiger partial charge in [0, 0.05) is 44.4 Å². The first-order valence-corrected chi connectivity index (χ1v) is 9.67. The molecule has 152 valence electrons.